The number of nitrogens with zero attached hydrogens (tertiary/aromatic N) is 1. The van der Waals surface area contributed by atoms with Gasteiger partial charge in [0.05, 0.1) is 11.5 Å². The van der Waals surface area contributed by atoms with E-state index in [0.29, 0.717) is 0 Å². The molecule has 0 aromatic heterocycles. The summed E-state index contributed by atoms with van der Waals surface area (Å²) in [7, 11) is 0. The summed E-state index contributed by atoms with van der Waals surface area (Å²) in [6.45, 7) is 3.55. The van der Waals surface area contributed by atoms with E-state index in [0.717, 1.165) is 33.8 Å². The molecule has 2 rings (SSSR count). The van der Waals surface area contributed by atoms with Gasteiger partial charge in [0.15, 0.2) is 18.0 Å². The maximum absolute atomic E-state index is 11.9. The van der Waals surface area contributed by atoms with Crippen LogP contribution in [-0.2, 0) is 44.7 Å². The number of esters is 3. The summed E-state index contributed by atoms with van der Waals surface area (Å²) in [6.07, 6.45) is -5.47. The average molecular weight is 498 g/mol. The first-order valence-corrected chi connectivity index (χ1v) is 10.4. The highest BCUT2D eigenvalue weighted by Gasteiger charge is 2.52. The normalized spacial score (nSPS) is 23.5. The van der Waals surface area contributed by atoms with Gasteiger partial charge < -0.3 is 34.1 Å². The molecule has 2 N–H and O–H groups in total. The molecule has 1 aromatic rings. The zero-order valence-electron chi connectivity index (χ0n) is 19.4. The first-order chi connectivity index (χ1) is 16.4. The molecule has 1 heterocycles. The summed E-state index contributed by atoms with van der Waals surface area (Å²) >= 11 is 0. The van der Waals surface area contributed by atoms with Gasteiger partial charge in [0.1, 0.15) is 18.8 Å². The van der Waals surface area contributed by atoms with Crippen molar-refractivity contribution in [1.82, 2.24) is 5.32 Å². The number of benzene rings is 1. The quantitative estimate of drug-likeness (QED) is 0.203. The van der Waals surface area contributed by atoms with E-state index in [1.165, 1.54) is 12.1 Å². The van der Waals surface area contributed by atoms with Gasteiger partial charge in [-0.25, -0.2) is 0 Å². The van der Waals surface area contributed by atoms with Gasteiger partial charge in [-0.15, -0.1) is 0 Å². The summed E-state index contributed by atoms with van der Waals surface area (Å²) in [6, 6.07) is 2.39. The third-order valence-corrected chi connectivity index (χ3v) is 4.72. The fourth-order valence-electron chi connectivity index (χ4n) is 3.42. The molecular weight excluding hydrogens is 472 g/mol. The monoisotopic (exact) mass is 498 g/mol. The molecule has 1 aromatic carbocycles. The fourth-order valence-corrected chi connectivity index (χ4v) is 3.42. The lowest BCUT2D eigenvalue weighted by atomic mass is 9.96. The summed E-state index contributed by atoms with van der Waals surface area (Å²) < 4.78 is 27.1. The van der Waals surface area contributed by atoms with Gasteiger partial charge in [0.2, 0.25) is 12.2 Å². The second kappa shape index (κ2) is 12.1. The van der Waals surface area contributed by atoms with Gasteiger partial charge in [-0.2, -0.15) is 0 Å². The Balaban J connectivity index is 2.55. The van der Waals surface area contributed by atoms with Gasteiger partial charge in [-0.1, -0.05) is 6.07 Å². The van der Waals surface area contributed by atoms with Crippen molar-refractivity contribution in [1.29, 1.82) is 0 Å². The number of carbonyl (C=O) groups is 4. The van der Waals surface area contributed by atoms with E-state index in [1.54, 1.807) is 0 Å². The predicted octanol–water partition coefficient (Wildman–Crippen LogP) is 0.122. The van der Waals surface area contributed by atoms with E-state index in [2.05, 4.69) is 5.32 Å². The molecule has 0 aliphatic carbocycles. The Morgan fingerprint density at radius 1 is 1.06 bits per heavy atom. The van der Waals surface area contributed by atoms with Crippen LogP contribution in [0.3, 0.4) is 0 Å². The molecule has 0 bridgehead atoms. The maximum Gasteiger partial charge on any atom is 0.311 e. The van der Waals surface area contributed by atoms with Crippen LogP contribution in [0.4, 0.5) is 5.69 Å². The Morgan fingerprint density at radius 3 is 2.20 bits per heavy atom. The number of nitrogens with one attached hydrogen (secondary N) is 1. The van der Waals surface area contributed by atoms with E-state index in [-0.39, 0.29) is 11.3 Å². The van der Waals surface area contributed by atoms with Crippen molar-refractivity contribution < 1.29 is 52.9 Å². The summed E-state index contributed by atoms with van der Waals surface area (Å²) in [4.78, 5) is 57.8. The Kier molecular flexibility index (Phi) is 9.48. The van der Waals surface area contributed by atoms with Gasteiger partial charge in [0, 0.05) is 33.8 Å². The second-order valence-electron chi connectivity index (χ2n) is 7.56. The molecular formula is C21H26N2O12. The molecule has 3 unspecified atom stereocenters. The van der Waals surface area contributed by atoms with Gasteiger partial charge in [0.25, 0.3) is 0 Å². The molecule has 0 saturated carbocycles. The molecule has 5 atom stereocenters. The van der Waals surface area contributed by atoms with E-state index in [4.69, 9.17) is 23.7 Å². The predicted molar refractivity (Wildman–Crippen MR) is 114 cm³/mol. The van der Waals surface area contributed by atoms with Crippen molar-refractivity contribution in [2.45, 2.75) is 64.9 Å². The zero-order valence-corrected chi connectivity index (χ0v) is 19.4. The summed E-state index contributed by atoms with van der Waals surface area (Å²) in [5.41, 5.74) is -0.267. The summed E-state index contributed by atoms with van der Waals surface area (Å²) in [5, 5.41) is 23.3. The fraction of sp³-hybridized carbons (Fsp3) is 0.524. The number of aliphatic hydroxyl groups excluding tert-OH is 1. The maximum atomic E-state index is 11.9. The van der Waals surface area contributed by atoms with Crippen LogP contribution in [0.25, 0.3) is 0 Å². The number of aliphatic hydroxyl groups is 1. The van der Waals surface area contributed by atoms with Crippen LogP contribution in [0.5, 0.6) is 5.75 Å². The molecule has 1 fully saturated rings. The van der Waals surface area contributed by atoms with Crippen LogP contribution < -0.4 is 10.1 Å². The van der Waals surface area contributed by atoms with Gasteiger partial charge in [-0.05, 0) is 11.6 Å². The van der Waals surface area contributed by atoms with E-state index in [9.17, 15) is 34.4 Å². The average Bonchev–Trinajstić information content (AvgIpc) is 2.75. The number of nitro groups is 1. The number of amides is 1. The van der Waals surface area contributed by atoms with Crippen molar-refractivity contribution in [2.75, 3.05) is 6.61 Å². The van der Waals surface area contributed by atoms with Crippen molar-refractivity contribution >= 4 is 29.5 Å². The van der Waals surface area contributed by atoms with Crippen molar-refractivity contribution in [2.24, 2.45) is 0 Å². The van der Waals surface area contributed by atoms with Gasteiger partial charge >= 0.3 is 23.6 Å². The molecule has 1 saturated heterocycles. The SMILES string of the molecule is CC(=O)NC1C(OC(C)=O)[C@H](OC(C)=O)C(COC(C)=O)O[C@H]1Oc1ccc(CO)cc1[N+](=O)[O-]. The highest BCUT2D eigenvalue weighted by molar-refractivity contribution is 5.73. The van der Waals surface area contributed by atoms with E-state index in [1.807, 2.05) is 0 Å². The lowest BCUT2D eigenvalue weighted by molar-refractivity contribution is -0.386. The molecule has 14 heteroatoms. The second-order valence-corrected chi connectivity index (χ2v) is 7.56. The van der Waals surface area contributed by atoms with Crippen LogP contribution in [0.2, 0.25) is 0 Å². The molecule has 35 heavy (non-hydrogen) atoms. The molecule has 14 nitrogen and oxygen atoms in total. The highest BCUT2D eigenvalue weighted by Crippen LogP contribution is 2.33. The van der Waals surface area contributed by atoms with Crippen LogP contribution >= 0.6 is 0 Å². The lowest BCUT2D eigenvalue weighted by Crippen LogP contribution is -2.67. The minimum atomic E-state index is -1.52. The van der Waals surface area contributed by atoms with Crippen LogP contribution in [0.15, 0.2) is 18.2 Å². The largest absolute Gasteiger partial charge is 0.463 e. The number of ether oxygens (including phenoxy) is 5. The smallest absolute Gasteiger partial charge is 0.311 e. The molecule has 0 spiro atoms. The Labute approximate surface area is 199 Å². The first kappa shape index (κ1) is 27.5. The molecule has 1 aliphatic heterocycles. The van der Waals surface area contributed by atoms with Crippen LogP contribution in [0.1, 0.15) is 33.3 Å². The van der Waals surface area contributed by atoms with Crippen molar-refractivity contribution in [3.05, 3.63) is 33.9 Å². The topological polar surface area (TPSA) is 190 Å². The van der Waals surface area contributed by atoms with Crippen molar-refractivity contribution in [3.8, 4) is 5.75 Å². The molecule has 0 radical (unpaired) electrons. The Hall–Kier alpha value is -3.78. The Morgan fingerprint density at radius 2 is 1.69 bits per heavy atom. The van der Waals surface area contributed by atoms with Gasteiger partial charge in [-0.3, -0.25) is 29.3 Å². The molecule has 192 valence electrons. The van der Waals surface area contributed by atoms with Crippen molar-refractivity contribution in [3.63, 3.8) is 0 Å². The van der Waals surface area contributed by atoms with E-state index >= 15 is 0 Å². The number of rotatable bonds is 9. The number of hydrogen-bond acceptors (Lipinski definition) is 12. The van der Waals surface area contributed by atoms with Crippen LogP contribution in [0, 0.1) is 10.1 Å². The third-order valence-electron chi connectivity index (χ3n) is 4.72. The molecule has 1 amide bonds. The number of carbonyl (C=O) groups excluding carboxylic acids is 4. The number of nitro benzene ring substituents is 1. The Bertz CT molecular complexity index is 981. The van der Waals surface area contributed by atoms with E-state index < -0.39 is 78.3 Å². The zero-order chi connectivity index (χ0) is 26.3. The highest BCUT2D eigenvalue weighted by atomic mass is 16.7. The number of hydrogen-bond donors (Lipinski definition) is 2. The lowest BCUT2D eigenvalue weighted by Gasteiger charge is -2.44. The first-order valence-electron chi connectivity index (χ1n) is 10.4. The minimum Gasteiger partial charge on any atom is -0.463 e. The molecule has 1 aliphatic rings. The summed E-state index contributed by atoms with van der Waals surface area (Å²) in [5.74, 6) is -3.15. The standard InChI is InChI=1S/C21H26N2O12/c1-10(25)22-18-20(33-13(4)28)19(32-12(3)27)17(9-31-11(2)26)35-21(18)34-16-6-5-14(8-24)7-15(16)23(29)30/h5-7,17-21,24H,8-9H2,1-4H3,(H,22,25)/t17?,18?,19-,20?,21-/m1/s1. The third kappa shape index (κ3) is 7.61. The van der Waals surface area contributed by atoms with Crippen LogP contribution in [-0.4, -0.2) is 71.1 Å². The minimum absolute atomic E-state index is 0.243.